The van der Waals surface area contributed by atoms with Gasteiger partial charge in [-0.15, -0.1) is 0 Å². The molecule has 0 radical (unpaired) electrons. The number of hydrogen-bond donors (Lipinski definition) is 1. The van der Waals surface area contributed by atoms with Crippen molar-refractivity contribution in [3.05, 3.63) is 34.4 Å². The van der Waals surface area contributed by atoms with Gasteiger partial charge < -0.3 is 10.1 Å². The topological polar surface area (TPSA) is 81.5 Å². The summed E-state index contributed by atoms with van der Waals surface area (Å²) in [6, 6.07) is 6.07. The van der Waals surface area contributed by atoms with E-state index in [0.29, 0.717) is 5.75 Å². The predicted molar refractivity (Wildman–Crippen MR) is 64.4 cm³/mol. The van der Waals surface area contributed by atoms with Crippen molar-refractivity contribution in [1.29, 1.82) is 0 Å². The maximum Gasteiger partial charge on any atom is 0.273 e. The van der Waals surface area contributed by atoms with Gasteiger partial charge in [0.25, 0.3) is 11.6 Å². The van der Waals surface area contributed by atoms with Crippen molar-refractivity contribution in [3.8, 4) is 5.75 Å². The lowest BCUT2D eigenvalue weighted by molar-refractivity contribution is -0.384. The molecule has 1 aromatic carbocycles. The van der Waals surface area contributed by atoms with Crippen LogP contribution in [0.25, 0.3) is 0 Å². The van der Waals surface area contributed by atoms with Crippen LogP contribution in [0, 0.1) is 10.1 Å². The third kappa shape index (κ3) is 3.19. The highest BCUT2D eigenvalue weighted by atomic mass is 16.6. The molecule has 0 spiro atoms. The van der Waals surface area contributed by atoms with Crippen molar-refractivity contribution in [2.24, 2.45) is 0 Å². The first-order chi connectivity index (χ1) is 8.56. The molecule has 96 valence electrons. The number of nitro groups is 1. The zero-order chi connectivity index (χ0) is 13.1. The number of nitrogens with zero attached hydrogens (tertiary/aromatic N) is 1. The largest absolute Gasteiger partial charge is 0.481 e. The van der Waals surface area contributed by atoms with Crippen molar-refractivity contribution in [2.45, 2.75) is 31.9 Å². The van der Waals surface area contributed by atoms with E-state index in [1.807, 2.05) is 0 Å². The Labute approximate surface area is 104 Å². The molecule has 1 fully saturated rings. The SMILES string of the molecule is C[C@H](Oc1cccc([N+](=O)[O-])c1)C(=O)NC1CC1. The fourth-order valence-corrected chi connectivity index (χ4v) is 1.47. The Bertz CT molecular complexity index is 471. The van der Waals surface area contributed by atoms with Crippen LogP contribution in [-0.2, 0) is 4.79 Å². The summed E-state index contributed by atoms with van der Waals surface area (Å²) in [7, 11) is 0. The molecular formula is C12H14N2O4. The summed E-state index contributed by atoms with van der Waals surface area (Å²) < 4.78 is 5.38. The van der Waals surface area contributed by atoms with Crippen LogP contribution < -0.4 is 10.1 Å². The van der Waals surface area contributed by atoms with Gasteiger partial charge >= 0.3 is 0 Å². The minimum Gasteiger partial charge on any atom is -0.481 e. The molecule has 1 aromatic rings. The third-order valence-corrected chi connectivity index (χ3v) is 2.63. The fraction of sp³-hybridized carbons (Fsp3) is 0.417. The van der Waals surface area contributed by atoms with Crippen molar-refractivity contribution < 1.29 is 14.5 Å². The van der Waals surface area contributed by atoms with E-state index in [0.717, 1.165) is 12.8 Å². The van der Waals surface area contributed by atoms with Crippen LogP contribution in [-0.4, -0.2) is 23.0 Å². The highest BCUT2D eigenvalue weighted by Crippen LogP contribution is 2.21. The van der Waals surface area contributed by atoms with E-state index in [1.165, 1.54) is 18.2 Å². The molecule has 1 atom stereocenters. The van der Waals surface area contributed by atoms with Gasteiger partial charge in [-0.3, -0.25) is 14.9 Å². The maximum atomic E-state index is 11.6. The van der Waals surface area contributed by atoms with Crippen LogP contribution in [0.15, 0.2) is 24.3 Å². The van der Waals surface area contributed by atoms with E-state index in [1.54, 1.807) is 13.0 Å². The average Bonchev–Trinajstić information content (AvgIpc) is 3.13. The Morgan fingerprint density at radius 2 is 2.28 bits per heavy atom. The smallest absolute Gasteiger partial charge is 0.273 e. The molecule has 0 unspecified atom stereocenters. The Hall–Kier alpha value is -2.11. The minimum absolute atomic E-state index is 0.0534. The van der Waals surface area contributed by atoms with Gasteiger partial charge in [0, 0.05) is 12.1 Å². The molecule has 1 aliphatic carbocycles. The first-order valence-electron chi connectivity index (χ1n) is 5.78. The molecule has 6 heteroatoms. The highest BCUT2D eigenvalue weighted by molar-refractivity contribution is 5.81. The van der Waals surface area contributed by atoms with E-state index in [2.05, 4.69) is 5.32 Å². The molecule has 0 bridgehead atoms. The molecule has 0 aliphatic heterocycles. The average molecular weight is 250 g/mol. The number of hydrogen-bond acceptors (Lipinski definition) is 4. The normalized spacial score (nSPS) is 15.8. The van der Waals surface area contributed by atoms with Crippen LogP contribution in [0.4, 0.5) is 5.69 Å². The Morgan fingerprint density at radius 3 is 2.89 bits per heavy atom. The lowest BCUT2D eigenvalue weighted by atomic mass is 10.3. The molecule has 1 amide bonds. The fourth-order valence-electron chi connectivity index (χ4n) is 1.47. The lowest BCUT2D eigenvalue weighted by Crippen LogP contribution is -2.37. The summed E-state index contributed by atoms with van der Waals surface area (Å²) >= 11 is 0. The second-order valence-electron chi connectivity index (χ2n) is 4.30. The van der Waals surface area contributed by atoms with Crippen molar-refractivity contribution >= 4 is 11.6 Å². The van der Waals surface area contributed by atoms with Gasteiger partial charge in [0.15, 0.2) is 6.10 Å². The van der Waals surface area contributed by atoms with E-state index in [4.69, 9.17) is 4.74 Å². The molecule has 6 nitrogen and oxygen atoms in total. The second kappa shape index (κ2) is 5.03. The first kappa shape index (κ1) is 12.3. The quantitative estimate of drug-likeness (QED) is 0.636. The van der Waals surface area contributed by atoms with E-state index < -0.39 is 11.0 Å². The van der Waals surface area contributed by atoms with E-state index in [-0.39, 0.29) is 17.6 Å². The number of nitro benzene ring substituents is 1. The monoisotopic (exact) mass is 250 g/mol. The Morgan fingerprint density at radius 1 is 1.56 bits per heavy atom. The number of ether oxygens (including phenoxy) is 1. The van der Waals surface area contributed by atoms with Crippen LogP contribution in [0.1, 0.15) is 19.8 Å². The Balaban J connectivity index is 1.96. The molecule has 0 heterocycles. The molecule has 1 N–H and O–H groups in total. The van der Waals surface area contributed by atoms with Crippen LogP contribution >= 0.6 is 0 Å². The van der Waals surface area contributed by atoms with Crippen LogP contribution in [0.3, 0.4) is 0 Å². The summed E-state index contributed by atoms with van der Waals surface area (Å²) in [5.41, 5.74) is -0.0534. The summed E-state index contributed by atoms with van der Waals surface area (Å²) in [6.45, 7) is 1.62. The molecule has 0 aromatic heterocycles. The predicted octanol–water partition coefficient (Wildman–Crippen LogP) is 1.64. The minimum atomic E-state index is -0.660. The van der Waals surface area contributed by atoms with Gasteiger partial charge in [0.2, 0.25) is 0 Å². The van der Waals surface area contributed by atoms with E-state index >= 15 is 0 Å². The van der Waals surface area contributed by atoms with Crippen molar-refractivity contribution in [3.63, 3.8) is 0 Å². The highest BCUT2D eigenvalue weighted by Gasteiger charge is 2.26. The number of amides is 1. The van der Waals surface area contributed by atoms with Crippen molar-refractivity contribution in [1.82, 2.24) is 5.32 Å². The van der Waals surface area contributed by atoms with Crippen LogP contribution in [0.2, 0.25) is 0 Å². The van der Waals surface area contributed by atoms with Gasteiger partial charge in [-0.1, -0.05) is 6.07 Å². The molecule has 18 heavy (non-hydrogen) atoms. The summed E-state index contributed by atoms with van der Waals surface area (Å²) in [4.78, 5) is 21.7. The number of non-ortho nitro benzene ring substituents is 1. The zero-order valence-corrected chi connectivity index (χ0v) is 9.96. The van der Waals surface area contributed by atoms with Gasteiger partial charge in [0.05, 0.1) is 11.0 Å². The molecule has 2 rings (SSSR count). The summed E-state index contributed by atoms with van der Waals surface area (Å²) in [6.07, 6.45) is 1.36. The van der Waals surface area contributed by atoms with Gasteiger partial charge in [-0.2, -0.15) is 0 Å². The molecular weight excluding hydrogens is 236 g/mol. The molecule has 0 saturated heterocycles. The molecule has 1 saturated carbocycles. The number of benzene rings is 1. The van der Waals surface area contributed by atoms with Gasteiger partial charge in [-0.05, 0) is 25.8 Å². The number of nitrogens with one attached hydrogen (secondary N) is 1. The lowest BCUT2D eigenvalue weighted by Gasteiger charge is -2.14. The standard InChI is InChI=1S/C12H14N2O4/c1-8(12(15)13-9-5-6-9)18-11-4-2-3-10(7-11)14(16)17/h2-4,7-9H,5-6H2,1H3,(H,13,15)/t8-/m0/s1. The number of carbonyl (C=O) groups excluding carboxylic acids is 1. The van der Waals surface area contributed by atoms with Gasteiger partial charge in [-0.25, -0.2) is 0 Å². The first-order valence-corrected chi connectivity index (χ1v) is 5.78. The zero-order valence-electron chi connectivity index (χ0n) is 9.96. The summed E-state index contributed by atoms with van der Waals surface area (Å²) in [5.74, 6) is 0.131. The van der Waals surface area contributed by atoms with Crippen molar-refractivity contribution in [2.75, 3.05) is 0 Å². The second-order valence-corrected chi connectivity index (χ2v) is 4.30. The third-order valence-electron chi connectivity index (χ3n) is 2.63. The van der Waals surface area contributed by atoms with Gasteiger partial charge in [0.1, 0.15) is 5.75 Å². The van der Waals surface area contributed by atoms with Crippen LogP contribution in [0.5, 0.6) is 5.75 Å². The number of carbonyl (C=O) groups is 1. The van der Waals surface area contributed by atoms with E-state index in [9.17, 15) is 14.9 Å². The number of rotatable bonds is 5. The molecule has 1 aliphatic rings. The maximum absolute atomic E-state index is 11.6. The summed E-state index contributed by atoms with van der Waals surface area (Å²) in [5, 5.41) is 13.4. The Kier molecular flexibility index (Phi) is 3.45.